The lowest BCUT2D eigenvalue weighted by Gasteiger charge is -2.29. The summed E-state index contributed by atoms with van der Waals surface area (Å²) in [5, 5.41) is 10.9. The number of alkyl carbamates (subject to hydrolysis) is 1. The van der Waals surface area contributed by atoms with Crippen LogP contribution in [0.25, 0.3) is 12.2 Å². The summed E-state index contributed by atoms with van der Waals surface area (Å²) in [6.45, 7) is 10.8. The Labute approximate surface area is 246 Å². The lowest BCUT2D eigenvalue weighted by atomic mass is 9.98. The molecule has 0 saturated carbocycles. The Morgan fingerprint density at radius 3 is 2.40 bits per heavy atom. The fraction of sp³-hybridized carbons (Fsp3) is 0.375. The minimum atomic E-state index is -0.980. The molecule has 1 aromatic heterocycles. The molecule has 222 valence electrons. The Morgan fingerprint density at radius 1 is 1.00 bits per heavy atom. The van der Waals surface area contributed by atoms with Crippen molar-refractivity contribution in [3.05, 3.63) is 88.8 Å². The smallest absolute Gasteiger partial charge is 0.408 e. The molecule has 0 spiro atoms. The number of nitrogens with zero attached hydrogens (tertiary/aromatic N) is 3. The van der Waals surface area contributed by atoms with Crippen LogP contribution in [0.5, 0.6) is 5.75 Å². The Hall–Kier alpha value is -4.60. The van der Waals surface area contributed by atoms with Gasteiger partial charge in [-0.05, 0) is 88.6 Å². The first-order valence-electron chi connectivity index (χ1n) is 13.8. The lowest BCUT2D eigenvalue weighted by molar-refractivity contribution is -0.160. The molecule has 1 aliphatic rings. The van der Waals surface area contributed by atoms with Crippen molar-refractivity contribution in [2.24, 2.45) is 0 Å². The van der Waals surface area contributed by atoms with E-state index in [0.29, 0.717) is 5.75 Å². The molecule has 0 bridgehead atoms. The molecule has 1 atom stereocenters. The van der Waals surface area contributed by atoms with Crippen molar-refractivity contribution in [1.82, 2.24) is 20.5 Å². The standard InChI is InChI=1S/C32H38N4O6/c1-22-11-10-14-28-26(19-22)34-35-36(28)40-21-39-25-17-15-23(16-18-25)20-27(33-30(38)42-31(2,3)4)29(37)41-32(5,6)24-12-8-7-9-13-24/h7-10,12-19,27H,11,20-21H2,1-6H3,(H,33,38). The average molecular weight is 575 g/mol. The molecule has 3 aromatic rings. The summed E-state index contributed by atoms with van der Waals surface area (Å²) in [5.41, 5.74) is 2.67. The molecule has 0 aliphatic heterocycles. The van der Waals surface area contributed by atoms with E-state index in [1.54, 1.807) is 32.9 Å². The van der Waals surface area contributed by atoms with Gasteiger partial charge in [0.1, 0.15) is 34.4 Å². The molecule has 0 radical (unpaired) electrons. The van der Waals surface area contributed by atoms with Gasteiger partial charge >= 0.3 is 12.1 Å². The van der Waals surface area contributed by atoms with E-state index >= 15 is 0 Å². The molecule has 1 aliphatic carbocycles. The lowest BCUT2D eigenvalue weighted by Crippen LogP contribution is -2.47. The normalized spacial score (nSPS) is 13.7. The molecule has 1 amide bonds. The van der Waals surface area contributed by atoms with Crippen LogP contribution in [0.1, 0.15) is 70.5 Å². The van der Waals surface area contributed by atoms with Crippen molar-refractivity contribution < 1.29 is 28.6 Å². The summed E-state index contributed by atoms with van der Waals surface area (Å²) in [6, 6.07) is 15.6. The molecule has 10 nitrogen and oxygen atoms in total. The molecule has 0 fully saturated rings. The largest absolute Gasteiger partial charge is 0.455 e. The fourth-order valence-electron chi connectivity index (χ4n) is 4.25. The number of amides is 1. The number of hydrogen-bond donors (Lipinski definition) is 1. The summed E-state index contributed by atoms with van der Waals surface area (Å²) < 4.78 is 17.0. The van der Waals surface area contributed by atoms with Crippen LogP contribution >= 0.6 is 0 Å². The maximum Gasteiger partial charge on any atom is 0.408 e. The monoisotopic (exact) mass is 574 g/mol. The second kappa shape index (κ2) is 12.9. The SMILES string of the molecule is CC1=Cc2nnn(OCOc3ccc(CC(NC(=O)OC(C)(C)C)C(=O)OC(C)(C)c4ccccc4)cc3)c2C=CC1. The summed E-state index contributed by atoms with van der Waals surface area (Å²) in [6.07, 6.45) is 6.25. The van der Waals surface area contributed by atoms with E-state index in [0.717, 1.165) is 28.9 Å². The van der Waals surface area contributed by atoms with Gasteiger partial charge in [-0.3, -0.25) is 0 Å². The summed E-state index contributed by atoms with van der Waals surface area (Å²) in [4.78, 5) is 32.9. The summed E-state index contributed by atoms with van der Waals surface area (Å²) >= 11 is 0. The van der Waals surface area contributed by atoms with Gasteiger partial charge < -0.3 is 24.4 Å². The molecule has 2 aromatic carbocycles. The summed E-state index contributed by atoms with van der Waals surface area (Å²) in [5.74, 6) is -0.0184. The highest BCUT2D eigenvalue weighted by Crippen LogP contribution is 2.26. The highest BCUT2D eigenvalue weighted by Gasteiger charge is 2.32. The van der Waals surface area contributed by atoms with Gasteiger partial charge in [-0.1, -0.05) is 59.0 Å². The molecule has 1 N–H and O–H groups in total. The number of ether oxygens (including phenoxy) is 3. The fourth-order valence-corrected chi connectivity index (χ4v) is 4.25. The van der Waals surface area contributed by atoms with Crippen molar-refractivity contribution >= 4 is 24.2 Å². The van der Waals surface area contributed by atoms with Gasteiger partial charge in [-0.25, -0.2) is 9.59 Å². The molecule has 0 saturated heterocycles. The van der Waals surface area contributed by atoms with Crippen LogP contribution in [0.4, 0.5) is 4.79 Å². The number of esters is 1. The minimum absolute atomic E-state index is 0.0879. The van der Waals surface area contributed by atoms with E-state index in [1.807, 2.05) is 81.5 Å². The zero-order chi connectivity index (χ0) is 30.3. The van der Waals surface area contributed by atoms with Crippen molar-refractivity contribution in [2.75, 3.05) is 6.79 Å². The van der Waals surface area contributed by atoms with Gasteiger partial charge in [0, 0.05) is 6.42 Å². The van der Waals surface area contributed by atoms with Gasteiger partial charge in [0.05, 0.1) is 0 Å². The van der Waals surface area contributed by atoms with E-state index in [2.05, 4.69) is 15.6 Å². The Balaban J connectivity index is 1.39. The highest BCUT2D eigenvalue weighted by atomic mass is 16.8. The summed E-state index contributed by atoms with van der Waals surface area (Å²) in [7, 11) is 0. The zero-order valence-corrected chi connectivity index (χ0v) is 24.9. The third-order valence-electron chi connectivity index (χ3n) is 6.36. The first-order valence-corrected chi connectivity index (χ1v) is 13.8. The second-order valence-electron chi connectivity index (χ2n) is 11.6. The molecule has 1 heterocycles. The number of aromatic nitrogens is 3. The number of rotatable bonds is 10. The van der Waals surface area contributed by atoms with Crippen LogP contribution in [0.15, 0.2) is 66.2 Å². The number of fused-ring (bicyclic) bond motifs is 1. The number of hydrogen-bond acceptors (Lipinski definition) is 8. The van der Waals surface area contributed by atoms with E-state index in [9.17, 15) is 9.59 Å². The predicted molar refractivity (Wildman–Crippen MR) is 158 cm³/mol. The number of benzene rings is 2. The van der Waals surface area contributed by atoms with Gasteiger partial charge in [-0.2, -0.15) is 0 Å². The number of carbonyl (C=O) groups is 2. The average Bonchev–Trinajstić information content (AvgIpc) is 3.18. The van der Waals surface area contributed by atoms with Crippen LogP contribution in [-0.4, -0.2) is 45.7 Å². The van der Waals surface area contributed by atoms with Gasteiger partial charge in [-0.15, -0.1) is 5.10 Å². The molecular formula is C32H38N4O6. The quantitative estimate of drug-likeness (QED) is 0.250. The first-order chi connectivity index (χ1) is 19.9. The Bertz CT molecular complexity index is 1440. The van der Waals surface area contributed by atoms with Crippen molar-refractivity contribution in [2.45, 2.75) is 71.6 Å². The Kier molecular flexibility index (Phi) is 9.35. The zero-order valence-electron chi connectivity index (χ0n) is 24.9. The minimum Gasteiger partial charge on any atom is -0.455 e. The maximum atomic E-state index is 13.3. The van der Waals surface area contributed by atoms with E-state index in [4.69, 9.17) is 19.0 Å². The van der Waals surface area contributed by atoms with Crippen molar-refractivity contribution in [3.8, 4) is 5.75 Å². The van der Waals surface area contributed by atoms with Crippen molar-refractivity contribution in [1.29, 1.82) is 0 Å². The van der Waals surface area contributed by atoms with E-state index in [-0.39, 0.29) is 13.2 Å². The molecule has 4 rings (SSSR count). The van der Waals surface area contributed by atoms with Crippen LogP contribution in [0.2, 0.25) is 0 Å². The molecule has 1 unspecified atom stereocenters. The van der Waals surface area contributed by atoms with Crippen LogP contribution < -0.4 is 14.9 Å². The van der Waals surface area contributed by atoms with Gasteiger partial charge in [0.2, 0.25) is 0 Å². The predicted octanol–water partition coefficient (Wildman–Crippen LogP) is 5.48. The van der Waals surface area contributed by atoms with E-state index < -0.39 is 29.3 Å². The third kappa shape index (κ3) is 8.45. The molecule has 42 heavy (non-hydrogen) atoms. The molecular weight excluding hydrogens is 536 g/mol. The number of allylic oxidation sites excluding steroid dienone is 2. The number of carbonyl (C=O) groups excluding carboxylic acids is 2. The topological polar surface area (TPSA) is 114 Å². The second-order valence-corrected chi connectivity index (χ2v) is 11.6. The van der Waals surface area contributed by atoms with E-state index in [1.165, 1.54) is 10.4 Å². The highest BCUT2D eigenvalue weighted by molar-refractivity contribution is 5.82. The molecule has 10 heteroatoms. The van der Waals surface area contributed by atoms with Crippen LogP contribution in [0, 0.1) is 0 Å². The number of nitrogens with one attached hydrogen (secondary N) is 1. The van der Waals surface area contributed by atoms with Crippen LogP contribution in [0.3, 0.4) is 0 Å². The van der Waals surface area contributed by atoms with Gasteiger partial charge in [0.15, 0.2) is 0 Å². The third-order valence-corrected chi connectivity index (χ3v) is 6.36. The maximum absolute atomic E-state index is 13.3. The Morgan fingerprint density at radius 2 is 1.71 bits per heavy atom. The van der Waals surface area contributed by atoms with Crippen molar-refractivity contribution in [3.63, 3.8) is 0 Å². The van der Waals surface area contributed by atoms with Gasteiger partial charge in [0.25, 0.3) is 6.79 Å². The first kappa shape index (κ1) is 30.4. The van der Waals surface area contributed by atoms with Crippen LogP contribution in [-0.2, 0) is 26.3 Å².